The number of rotatable bonds is 1. The monoisotopic (exact) mass is 180 g/mol. The maximum absolute atomic E-state index is 13.1. The number of aromatic nitrogens is 2. The van der Waals surface area contributed by atoms with Crippen LogP contribution in [0.25, 0.3) is 5.69 Å². The summed E-state index contributed by atoms with van der Waals surface area (Å²) in [5, 5.41) is 3.80. The van der Waals surface area contributed by atoms with Crippen molar-refractivity contribution in [1.29, 1.82) is 0 Å². The van der Waals surface area contributed by atoms with Crippen molar-refractivity contribution in [3.63, 3.8) is 0 Å². The lowest BCUT2D eigenvalue weighted by molar-refractivity contribution is 0.587. The van der Waals surface area contributed by atoms with E-state index in [9.17, 15) is 8.78 Å². The molecule has 0 aliphatic carbocycles. The molecule has 2 aromatic rings. The summed E-state index contributed by atoms with van der Waals surface area (Å²) in [5.74, 6) is -0.975. The molecule has 13 heavy (non-hydrogen) atoms. The lowest BCUT2D eigenvalue weighted by Gasteiger charge is -2.01. The van der Waals surface area contributed by atoms with Gasteiger partial charge in [-0.1, -0.05) is 0 Å². The Balaban J connectivity index is 2.57. The molecule has 2 rings (SSSR count). The van der Waals surface area contributed by atoms with Crippen LogP contribution < -0.4 is 0 Å². The van der Waals surface area contributed by atoms with Crippen molar-refractivity contribution in [3.8, 4) is 5.69 Å². The Hall–Kier alpha value is -1.71. The number of nitrogens with zero attached hydrogens (tertiary/aromatic N) is 2. The second-order valence-corrected chi connectivity index (χ2v) is 2.55. The van der Waals surface area contributed by atoms with Gasteiger partial charge >= 0.3 is 0 Å². The molecular formula is C9H6F2N2. The van der Waals surface area contributed by atoms with Gasteiger partial charge in [-0.05, 0) is 18.2 Å². The minimum Gasteiger partial charge on any atom is -0.238 e. The summed E-state index contributed by atoms with van der Waals surface area (Å²) in [4.78, 5) is 0. The van der Waals surface area contributed by atoms with Gasteiger partial charge in [0.05, 0.1) is 0 Å². The minimum absolute atomic E-state index is 0.116. The average Bonchev–Trinajstić information content (AvgIpc) is 2.61. The van der Waals surface area contributed by atoms with E-state index in [2.05, 4.69) is 5.10 Å². The molecule has 1 aromatic carbocycles. The molecule has 0 saturated carbocycles. The summed E-state index contributed by atoms with van der Waals surface area (Å²) < 4.78 is 27.1. The molecule has 0 spiro atoms. The average molecular weight is 180 g/mol. The Labute approximate surface area is 73.4 Å². The van der Waals surface area contributed by atoms with Crippen molar-refractivity contribution in [2.24, 2.45) is 0 Å². The van der Waals surface area contributed by atoms with E-state index in [1.807, 2.05) is 0 Å². The van der Waals surface area contributed by atoms with Crippen LogP contribution >= 0.6 is 0 Å². The van der Waals surface area contributed by atoms with Gasteiger partial charge in [0, 0.05) is 18.5 Å². The van der Waals surface area contributed by atoms with Crippen molar-refractivity contribution in [3.05, 3.63) is 48.3 Å². The van der Waals surface area contributed by atoms with Crippen LogP contribution in [0.4, 0.5) is 8.78 Å². The number of hydrogen-bond donors (Lipinski definition) is 0. The molecule has 4 heteroatoms. The standard InChI is InChI=1S/C9H6F2N2/c10-7-2-3-8(11)9(6-7)13-5-1-4-12-13/h1-6H. The quantitative estimate of drug-likeness (QED) is 0.657. The first-order valence-electron chi connectivity index (χ1n) is 3.72. The molecule has 2 nitrogen and oxygen atoms in total. The third-order valence-electron chi connectivity index (χ3n) is 1.66. The summed E-state index contributed by atoms with van der Waals surface area (Å²) in [6, 6.07) is 4.89. The Bertz CT molecular complexity index is 410. The Morgan fingerprint density at radius 3 is 2.77 bits per heavy atom. The van der Waals surface area contributed by atoms with Gasteiger partial charge in [-0.25, -0.2) is 13.5 Å². The summed E-state index contributed by atoms with van der Waals surface area (Å²) in [5.41, 5.74) is 0.116. The number of benzene rings is 1. The molecule has 66 valence electrons. The molecule has 0 N–H and O–H groups in total. The third-order valence-corrected chi connectivity index (χ3v) is 1.66. The Morgan fingerprint density at radius 2 is 2.08 bits per heavy atom. The van der Waals surface area contributed by atoms with Gasteiger partial charge in [0.25, 0.3) is 0 Å². The van der Waals surface area contributed by atoms with Gasteiger partial charge in [-0.15, -0.1) is 0 Å². The maximum atomic E-state index is 13.1. The second-order valence-electron chi connectivity index (χ2n) is 2.55. The van der Waals surface area contributed by atoms with Gasteiger partial charge in [-0.3, -0.25) is 0 Å². The molecular weight excluding hydrogens is 174 g/mol. The van der Waals surface area contributed by atoms with Crippen molar-refractivity contribution in [2.45, 2.75) is 0 Å². The van der Waals surface area contributed by atoms with Gasteiger partial charge in [0.2, 0.25) is 0 Å². The van der Waals surface area contributed by atoms with E-state index in [0.29, 0.717) is 0 Å². The van der Waals surface area contributed by atoms with Crippen LogP contribution in [0.3, 0.4) is 0 Å². The second kappa shape index (κ2) is 2.97. The van der Waals surface area contributed by atoms with Crippen LogP contribution in [0.15, 0.2) is 36.7 Å². The highest BCUT2D eigenvalue weighted by Crippen LogP contribution is 2.13. The first-order valence-corrected chi connectivity index (χ1v) is 3.72. The van der Waals surface area contributed by atoms with E-state index >= 15 is 0 Å². The molecule has 0 aliphatic heterocycles. The molecule has 0 fully saturated rings. The van der Waals surface area contributed by atoms with Crippen LogP contribution in [0.5, 0.6) is 0 Å². The predicted octanol–water partition coefficient (Wildman–Crippen LogP) is 2.15. The fourth-order valence-electron chi connectivity index (χ4n) is 1.07. The molecule has 0 atom stereocenters. The highest BCUT2D eigenvalue weighted by Gasteiger charge is 2.04. The summed E-state index contributed by atoms with van der Waals surface area (Å²) in [6.45, 7) is 0. The van der Waals surface area contributed by atoms with Crippen molar-refractivity contribution < 1.29 is 8.78 Å². The zero-order valence-corrected chi connectivity index (χ0v) is 6.61. The van der Waals surface area contributed by atoms with Crippen LogP contribution in [0.1, 0.15) is 0 Å². The Morgan fingerprint density at radius 1 is 1.23 bits per heavy atom. The Kier molecular flexibility index (Phi) is 1.81. The lowest BCUT2D eigenvalue weighted by Crippen LogP contribution is -1.98. The highest BCUT2D eigenvalue weighted by molar-refractivity contribution is 5.32. The van der Waals surface area contributed by atoms with Gasteiger partial charge in [0.15, 0.2) is 0 Å². The SMILES string of the molecule is Fc1ccc(F)c(-n2cccn2)c1. The summed E-state index contributed by atoms with van der Waals surface area (Å²) >= 11 is 0. The molecule has 0 radical (unpaired) electrons. The molecule has 1 heterocycles. The van der Waals surface area contributed by atoms with E-state index in [1.54, 1.807) is 12.3 Å². The van der Waals surface area contributed by atoms with Crippen LogP contribution in [-0.4, -0.2) is 9.78 Å². The van der Waals surface area contributed by atoms with E-state index in [0.717, 1.165) is 18.2 Å². The van der Waals surface area contributed by atoms with E-state index in [4.69, 9.17) is 0 Å². The molecule has 1 aromatic heterocycles. The third kappa shape index (κ3) is 1.42. The lowest BCUT2D eigenvalue weighted by atomic mass is 10.3. The topological polar surface area (TPSA) is 17.8 Å². The van der Waals surface area contributed by atoms with Gasteiger partial charge in [0.1, 0.15) is 17.3 Å². The first kappa shape index (κ1) is 7.91. The normalized spacial score (nSPS) is 10.3. The largest absolute Gasteiger partial charge is 0.238 e. The molecule has 0 bridgehead atoms. The maximum Gasteiger partial charge on any atom is 0.149 e. The highest BCUT2D eigenvalue weighted by atomic mass is 19.1. The number of hydrogen-bond acceptors (Lipinski definition) is 1. The van der Waals surface area contributed by atoms with Gasteiger partial charge in [-0.2, -0.15) is 5.10 Å². The van der Waals surface area contributed by atoms with Crippen molar-refractivity contribution >= 4 is 0 Å². The summed E-state index contributed by atoms with van der Waals surface area (Å²) in [7, 11) is 0. The fraction of sp³-hybridized carbons (Fsp3) is 0. The molecule has 0 unspecified atom stereocenters. The fourth-order valence-corrected chi connectivity index (χ4v) is 1.07. The number of halogens is 2. The zero-order valence-electron chi connectivity index (χ0n) is 6.61. The van der Waals surface area contributed by atoms with E-state index in [-0.39, 0.29) is 5.69 Å². The van der Waals surface area contributed by atoms with Crippen molar-refractivity contribution in [1.82, 2.24) is 9.78 Å². The van der Waals surface area contributed by atoms with Gasteiger partial charge < -0.3 is 0 Å². The smallest absolute Gasteiger partial charge is 0.149 e. The zero-order chi connectivity index (χ0) is 9.26. The van der Waals surface area contributed by atoms with E-state index < -0.39 is 11.6 Å². The molecule has 0 saturated heterocycles. The molecule has 0 amide bonds. The van der Waals surface area contributed by atoms with Crippen LogP contribution in [0, 0.1) is 11.6 Å². The van der Waals surface area contributed by atoms with E-state index in [1.165, 1.54) is 10.9 Å². The molecule has 0 aliphatic rings. The first-order chi connectivity index (χ1) is 6.27. The van der Waals surface area contributed by atoms with Crippen molar-refractivity contribution in [2.75, 3.05) is 0 Å². The van der Waals surface area contributed by atoms with Crippen LogP contribution in [0.2, 0.25) is 0 Å². The summed E-state index contributed by atoms with van der Waals surface area (Å²) in [6.07, 6.45) is 3.06. The van der Waals surface area contributed by atoms with Crippen LogP contribution in [-0.2, 0) is 0 Å². The minimum atomic E-state index is -0.495. The predicted molar refractivity (Wildman–Crippen MR) is 43.5 cm³/mol.